The van der Waals surface area contributed by atoms with Crippen molar-refractivity contribution in [2.24, 2.45) is 0 Å². The lowest BCUT2D eigenvalue weighted by molar-refractivity contribution is 0.546. The average molecular weight is 280 g/mol. The monoisotopic (exact) mass is 279 g/mol. The first kappa shape index (κ1) is 16.4. The topological polar surface area (TPSA) is 36.1 Å². The lowest BCUT2D eigenvalue weighted by atomic mass is 10.1. The summed E-state index contributed by atoms with van der Waals surface area (Å²) in [4.78, 5) is 0. The van der Waals surface area contributed by atoms with Crippen molar-refractivity contribution in [2.45, 2.75) is 45.1 Å². The summed E-state index contributed by atoms with van der Waals surface area (Å²) in [5.74, 6) is 0. The maximum atomic E-state index is 3.51. The molecule has 0 saturated heterocycles. The molecule has 108 valence electrons. The second kappa shape index (κ2) is 12.4. The Labute approximate surface area is 121 Å². The lowest BCUT2D eigenvalue weighted by Gasteiger charge is -2.05. The SMILES string of the molecule is [SiH3]NNCCCCCCCCNCc1ccccc1. The highest BCUT2D eigenvalue weighted by molar-refractivity contribution is 6.03. The molecule has 3 nitrogen and oxygen atoms in total. The van der Waals surface area contributed by atoms with Crippen LogP contribution in [-0.2, 0) is 6.54 Å². The third kappa shape index (κ3) is 9.84. The third-order valence-electron chi connectivity index (χ3n) is 3.25. The maximum absolute atomic E-state index is 3.51. The Balaban J connectivity index is 1.79. The molecule has 1 aromatic rings. The zero-order valence-corrected chi connectivity index (χ0v) is 14.3. The highest BCUT2D eigenvalue weighted by Gasteiger charge is 1.93. The molecule has 0 saturated carbocycles. The molecule has 0 spiro atoms. The summed E-state index contributed by atoms with van der Waals surface area (Å²) < 4.78 is 0. The Morgan fingerprint density at radius 1 is 0.789 bits per heavy atom. The van der Waals surface area contributed by atoms with E-state index in [0.717, 1.165) is 30.0 Å². The fourth-order valence-electron chi connectivity index (χ4n) is 2.12. The minimum Gasteiger partial charge on any atom is -0.313 e. The highest BCUT2D eigenvalue weighted by atomic mass is 28.2. The van der Waals surface area contributed by atoms with Gasteiger partial charge in [-0.25, -0.2) is 0 Å². The highest BCUT2D eigenvalue weighted by Crippen LogP contribution is 2.04. The molecule has 0 radical (unpaired) electrons. The van der Waals surface area contributed by atoms with E-state index in [4.69, 9.17) is 0 Å². The lowest BCUT2D eigenvalue weighted by Crippen LogP contribution is -2.29. The minimum absolute atomic E-state index is 1.000. The van der Waals surface area contributed by atoms with Crippen molar-refractivity contribution in [1.29, 1.82) is 0 Å². The Morgan fingerprint density at radius 2 is 1.42 bits per heavy atom. The van der Waals surface area contributed by atoms with Crippen LogP contribution in [0.4, 0.5) is 0 Å². The van der Waals surface area contributed by atoms with E-state index in [9.17, 15) is 0 Å². The fourth-order valence-corrected chi connectivity index (χ4v) is 2.37. The second-order valence-electron chi connectivity index (χ2n) is 4.96. The van der Waals surface area contributed by atoms with E-state index in [-0.39, 0.29) is 0 Å². The molecule has 0 atom stereocenters. The predicted molar refractivity (Wildman–Crippen MR) is 86.9 cm³/mol. The van der Waals surface area contributed by atoms with Crippen molar-refractivity contribution in [2.75, 3.05) is 13.1 Å². The fraction of sp³-hybridized carbons (Fsp3) is 0.600. The van der Waals surface area contributed by atoms with Gasteiger partial charge in [0.25, 0.3) is 0 Å². The molecule has 19 heavy (non-hydrogen) atoms. The largest absolute Gasteiger partial charge is 0.313 e. The normalized spacial score (nSPS) is 10.9. The van der Waals surface area contributed by atoms with Crippen molar-refractivity contribution >= 4 is 10.4 Å². The first-order chi connectivity index (χ1) is 9.43. The Hall–Kier alpha value is -0.683. The summed E-state index contributed by atoms with van der Waals surface area (Å²) in [5, 5.41) is 6.59. The second-order valence-corrected chi connectivity index (χ2v) is 5.46. The third-order valence-corrected chi connectivity index (χ3v) is 3.61. The molecule has 0 bridgehead atoms. The summed E-state index contributed by atoms with van der Waals surface area (Å²) >= 11 is 0. The Morgan fingerprint density at radius 3 is 2.11 bits per heavy atom. The van der Waals surface area contributed by atoms with Gasteiger partial charge in [-0.15, -0.1) is 0 Å². The van der Waals surface area contributed by atoms with Crippen molar-refractivity contribution in [1.82, 2.24) is 15.8 Å². The maximum Gasteiger partial charge on any atom is 0.0942 e. The zero-order valence-electron chi connectivity index (χ0n) is 12.3. The number of hydrazine groups is 1. The van der Waals surface area contributed by atoms with Crippen LogP contribution in [0.5, 0.6) is 0 Å². The molecule has 0 aliphatic heterocycles. The van der Waals surface area contributed by atoms with Gasteiger partial charge in [-0.05, 0) is 24.9 Å². The van der Waals surface area contributed by atoms with Gasteiger partial charge in [-0.3, -0.25) is 10.5 Å². The standard InChI is InChI=1S/C15H29N3Si/c19-18-17-13-9-4-2-1-3-8-12-16-14-15-10-6-5-7-11-15/h5-7,10-11,16-18H,1-4,8-9,12-14H2,19H3. The average Bonchev–Trinajstić information content (AvgIpc) is 2.46. The molecular weight excluding hydrogens is 250 g/mol. The Kier molecular flexibility index (Phi) is 10.6. The van der Waals surface area contributed by atoms with E-state index >= 15 is 0 Å². The summed E-state index contributed by atoms with van der Waals surface area (Å²) in [5.41, 5.74) is 4.56. The van der Waals surface area contributed by atoms with Crippen LogP contribution in [0.1, 0.15) is 44.1 Å². The summed E-state index contributed by atoms with van der Waals surface area (Å²) in [6, 6.07) is 10.6. The number of nitrogens with one attached hydrogen (secondary N) is 3. The number of rotatable bonds is 12. The van der Waals surface area contributed by atoms with Crippen LogP contribution in [0.15, 0.2) is 30.3 Å². The smallest absolute Gasteiger partial charge is 0.0942 e. The van der Waals surface area contributed by atoms with Crippen LogP contribution in [0.25, 0.3) is 0 Å². The van der Waals surface area contributed by atoms with Crippen LogP contribution >= 0.6 is 0 Å². The van der Waals surface area contributed by atoms with Gasteiger partial charge in [0.1, 0.15) is 0 Å². The van der Waals surface area contributed by atoms with Gasteiger partial charge < -0.3 is 5.32 Å². The van der Waals surface area contributed by atoms with Gasteiger partial charge in [0.2, 0.25) is 0 Å². The van der Waals surface area contributed by atoms with Crippen molar-refractivity contribution in [3.8, 4) is 0 Å². The zero-order chi connectivity index (χ0) is 13.6. The van der Waals surface area contributed by atoms with E-state index in [1.807, 2.05) is 0 Å². The summed E-state index contributed by atoms with van der Waals surface area (Å²) in [6.45, 7) is 3.25. The van der Waals surface area contributed by atoms with E-state index < -0.39 is 0 Å². The number of benzene rings is 1. The van der Waals surface area contributed by atoms with Gasteiger partial charge in [0.15, 0.2) is 0 Å². The molecule has 1 aromatic carbocycles. The van der Waals surface area contributed by atoms with Crippen LogP contribution in [0.3, 0.4) is 0 Å². The van der Waals surface area contributed by atoms with E-state index in [1.54, 1.807) is 0 Å². The molecule has 0 aromatic heterocycles. The van der Waals surface area contributed by atoms with E-state index in [0.29, 0.717) is 0 Å². The van der Waals surface area contributed by atoms with Crippen LogP contribution in [0, 0.1) is 0 Å². The van der Waals surface area contributed by atoms with Gasteiger partial charge in [-0.2, -0.15) is 0 Å². The molecular formula is C15H29N3Si. The van der Waals surface area contributed by atoms with Crippen molar-refractivity contribution in [3.63, 3.8) is 0 Å². The molecule has 0 unspecified atom stereocenters. The first-order valence-corrected chi connectivity index (χ1v) is 8.57. The van der Waals surface area contributed by atoms with Crippen LogP contribution < -0.4 is 15.8 Å². The number of hydrogen-bond donors (Lipinski definition) is 3. The Bertz CT molecular complexity index is 293. The molecule has 4 heteroatoms. The molecule has 0 amide bonds. The van der Waals surface area contributed by atoms with E-state index in [2.05, 4.69) is 46.2 Å². The molecule has 0 aliphatic rings. The van der Waals surface area contributed by atoms with Crippen LogP contribution in [0.2, 0.25) is 0 Å². The minimum atomic E-state index is 1.000. The van der Waals surface area contributed by atoms with Crippen molar-refractivity contribution in [3.05, 3.63) is 35.9 Å². The number of unbranched alkanes of at least 4 members (excludes halogenated alkanes) is 5. The summed E-state index contributed by atoms with van der Waals surface area (Å²) in [6.07, 6.45) is 8.05. The molecule has 0 heterocycles. The predicted octanol–water partition coefficient (Wildman–Crippen LogP) is 1.49. The molecule has 0 aliphatic carbocycles. The molecule has 3 N–H and O–H groups in total. The van der Waals surface area contributed by atoms with Crippen molar-refractivity contribution < 1.29 is 0 Å². The van der Waals surface area contributed by atoms with Gasteiger partial charge in [0.05, 0.1) is 10.4 Å². The number of hydrogen-bond acceptors (Lipinski definition) is 3. The summed E-state index contributed by atoms with van der Waals surface area (Å²) in [7, 11) is 1.03. The van der Waals surface area contributed by atoms with E-state index in [1.165, 1.54) is 44.1 Å². The quantitative estimate of drug-likeness (QED) is 0.308. The van der Waals surface area contributed by atoms with Gasteiger partial charge in [0, 0.05) is 13.1 Å². The van der Waals surface area contributed by atoms with Crippen LogP contribution in [-0.4, -0.2) is 23.5 Å². The van der Waals surface area contributed by atoms with Gasteiger partial charge >= 0.3 is 0 Å². The van der Waals surface area contributed by atoms with Gasteiger partial charge in [-0.1, -0.05) is 56.0 Å². The molecule has 0 fully saturated rings. The first-order valence-electron chi connectivity index (χ1n) is 7.57. The molecule has 1 rings (SSSR count).